The molecule has 3 heterocycles. The first-order valence-corrected chi connectivity index (χ1v) is 10.6. The van der Waals surface area contributed by atoms with E-state index >= 15 is 0 Å². The van der Waals surface area contributed by atoms with Crippen LogP contribution in [0.2, 0.25) is 0 Å². The van der Waals surface area contributed by atoms with E-state index in [0.29, 0.717) is 18.4 Å². The Morgan fingerprint density at radius 2 is 2.19 bits per heavy atom. The lowest BCUT2D eigenvalue weighted by atomic mass is 9.95. The number of piperidine rings is 1. The normalized spacial score (nSPS) is 23.2. The highest BCUT2D eigenvalue weighted by molar-refractivity contribution is 7.10. The summed E-state index contributed by atoms with van der Waals surface area (Å²) in [4.78, 5) is 22.0. The topological polar surface area (TPSA) is 74.0 Å². The molecular weight excluding hydrogens is 346 g/mol. The van der Waals surface area contributed by atoms with Gasteiger partial charge in [0.05, 0.1) is 6.04 Å². The summed E-state index contributed by atoms with van der Waals surface area (Å²) in [5.41, 5.74) is 5.39. The maximum atomic E-state index is 11.3. The lowest BCUT2D eigenvalue weighted by molar-refractivity contribution is -0.119. The Balaban J connectivity index is 1.60. The average molecular weight is 378 g/mol. The van der Waals surface area contributed by atoms with Gasteiger partial charge in [0.15, 0.2) is 5.96 Å². The molecule has 1 aromatic heterocycles. The molecule has 0 radical (unpaired) electrons. The van der Waals surface area contributed by atoms with E-state index in [1.54, 1.807) is 0 Å². The van der Waals surface area contributed by atoms with Crippen molar-refractivity contribution in [2.75, 3.05) is 39.8 Å². The Morgan fingerprint density at radius 1 is 1.38 bits per heavy atom. The third-order valence-corrected chi connectivity index (χ3v) is 6.40. The fourth-order valence-corrected chi connectivity index (χ4v) is 5.03. The third kappa shape index (κ3) is 4.98. The summed E-state index contributed by atoms with van der Waals surface area (Å²) in [5.74, 6) is 1.08. The van der Waals surface area contributed by atoms with Crippen LogP contribution in [0, 0.1) is 5.92 Å². The summed E-state index contributed by atoms with van der Waals surface area (Å²) in [6, 6.07) is 4.78. The lowest BCUT2D eigenvalue weighted by Crippen LogP contribution is -2.49. The van der Waals surface area contributed by atoms with Gasteiger partial charge in [-0.15, -0.1) is 11.3 Å². The van der Waals surface area contributed by atoms with Crippen molar-refractivity contribution in [3.63, 3.8) is 0 Å². The van der Waals surface area contributed by atoms with Crippen LogP contribution < -0.4 is 11.1 Å². The quantitative estimate of drug-likeness (QED) is 0.588. The van der Waals surface area contributed by atoms with E-state index in [-0.39, 0.29) is 5.91 Å². The summed E-state index contributed by atoms with van der Waals surface area (Å²) in [6.07, 6.45) is 5.20. The molecule has 7 heteroatoms. The van der Waals surface area contributed by atoms with E-state index in [0.717, 1.165) is 38.4 Å². The molecule has 0 bridgehead atoms. The Kier molecular flexibility index (Phi) is 6.91. The number of amides is 1. The number of nitrogens with one attached hydrogen (secondary N) is 1. The summed E-state index contributed by atoms with van der Waals surface area (Å²) < 4.78 is 0. The number of primary amides is 1. The van der Waals surface area contributed by atoms with Gasteiger partial charge in [0.2, 0.25) is 5.91 Å². The third-order valence-electron chi connectivity index (χ3n) is 5.43. The number of carbonyl (C=O) groups is 1. The zero-order valence-corrected chi connectivity index (χ0v) is 16.5. The monoisotopic (exact) mass is 377 g/mol. The Morgan fingerprint density at radius 3 is 2.85 bits per heavy atom. The minimum atomic E-state index is -0.202. The SMILES string of the molecule is CN=C(NCC(c1cccs1)N1CCCC1)N1CCCC(CC(N)=O)C1. The second-order valence-electron chi connectivity index (χ2n) is 7.33. The number of thiophene rings is 1. The number of nitrogens with zero attached hydrogens (tertiary/aromatic N) is 3. The molecule has 0 spiro atoms. The van der Waals surface area contributed by atoms with Crippen LogP contribution in [-0.4, -0.2) is 61.4 Å². The lowest BCUT2D eigenvalue weighted by Gasteiger charge is -2.36. The molecule has 2 unspecified atom stereocenters. The fraction of sp³-hybridized carbons (Fsp3) is 0.684. The highest BCUT2D eigenvalue weighted by Gasteiger charge is 2.27. The van der Waals surface area contributed by atoms with Crippen LogP contribution in [0.5, 0.6) is 0 Å². The fourth-order valence-electron chi connectivity index (χ4n) is 4.17. The van der Waals surface area contributed by atoms with Gasteiger partial charge in [-0.25, -0.2) is 0 Å². The van der Waals surface area contributed by atoms with E-state index in [9.17, 15) is 4.79 Å². The Bertz CT molecular complexity index is 597. The van der Waals surface area contributed by atoms with E-state index in [4.69, 9.17) is 5.73 Å². The minimum Gasteiger partial charge on any atom is -0.370 e. The zero-order chi connectivity index (χ0) is 18.4. The van der Waals surface area contributed by atoms with Gasteiger partial charge >= 0.3 is 0 Å². The van der Waals surface area contributed by atoms with Crippen LogP contribution >= 0.6 is 11.3 Å². The summed E-state index contributed by atoms with van der Waals surface area (Å²) >= 11 is 1.83. The van der Waals surface area contributed by atoms with Crippen molar-refractivity contribution in [3.05, 3.63) is 22.4 Å². The molecule has 0 aromatic carbocycles. The molecule has 6 nitrogen and oxygen atoms in total. The highest BCUT2D eigenvalue weighted by Crippen LogP contribution is 2.28. The number of likely N-dealkylation sites (tertiary alicyclic amines) is 2. The first-order chi connectivity index (χ1) is 12.7. The molecule has 144 valence electrons. The highest BCUT2D eigenvalue weighted by atomic mass is 32.1. The standard InChI is InChI=1S/C19H31N5OS/c1-21-19(24-10-4-6-15(14-24)12-18(20)25)22-13-16(17-7-5-11-26-17)23-8-2-3-9-23/h5,7,11,15-16H,2-4,6,8-10,12-14H2,1H3,(H2,20,25)(H,21,22). The molecule has 3 N–H and O–H groups in total. The second kappa shape index (κ2) is 9.37. The first kappa shape index (κ1) is 19.2. The molecule has 0 aliphatic carbocycles. The van der Waals surface area contributed by atoms with Gasteiger partial charge in [0.25, 0.3) is 0 Å². The van der Waals surface area contributed by atoms with Crippen molar-refractivity contribution in [2.45, 2.75) is 38.1 Å². The van der Waals surface area contributed by atoms with Gasteiger partial charge in [-0.1, -0.05) is 6.07 Å². The summed E-state index contributed by atoms with van der Waals surface area (Å²) in [7, 11) is 1.84. The largest absolute Gasteiger partial charge is 0.370 e. The molecule has 26 heavy (non-hydrogen) atoms. The van der Waals surface area contributed by atoms with Gasteiger partial charge in [-0.3, -0.25) is 14.7 Å². The number of guanidine groups is 1. The van der Waals surface area contributed by atoms with E-state index < -0.39 is 0 Å². The zero-order valence-electron chi connectivity index (χ0n) is 15.7. The van der Waals surface area contributed by atoms with Gasteiger partial charge in [0, 0.05) is 38.0 Å². The van der Waals surface area contributed by atoms with Crippen molar-refractivity contribution < 1.29 is 4.79 Å². The number of hydrogen-bond acceptors (Lipinski definition) is 4. The number of hydrogen-bond donors (Lipinski definition) is 2. The summed E-state index contributed by atoms with van der Waals surface area (Å²) in [5, 5.41) is 5.76. The second-order valence-corrected chi connectivity index (χ2v) is 8.31. The number of rotatable bonds is 6. The smallest absolute Gasteiger partial charge is 0.217 e. The number of aliphatic imine (C=N–C) groups is 1. The summed E-state index contributed by atoms with van der Waals surface area (Å²) in [6.45, 7) is 5.06. The average Bonchev–Trinajstić information content (AvgIpc) is 3.32. The Hall–Kier alpha value is -1.60. The predicted octanol–water partition coefficient (Wildman–Crippen LogP) is 2.05. The van der Waals surface area contributed by atoms with Crippen LogP contribution in [0.3, 0.4) is 0 Å². The molecule has 2 aliphatic heterocycles. The van der Waals surface area contributed by atoms with Crippen LogP contribution in [0.15, 0.2) is 22.5 Å². The molecule has 2 fully saturated rings. The number of nitrogens with two attached hydrogens (primary N) is 1. The molecule has 1 aromatic rings. The predicted molar refractivity (Wildman–Crippen MR) is 107 cm³/mol. The van der Waals surface area contributed by atoms with Crippen LogP contribution in [0.4, 0.5) is 0 Å². The molecule has 0 saturated carbocycles. The molecule has 3 rings (SSSR count). The molecule has 1 amide bonds. The minimum absolute atomic E-state index is 0.202. The van der Waals surface area contributed by atoms with Crippen molar-refractivity contribution in [2.24, 2.45) is 16.6 Å². The molecule has 2 atom stereocenters. The van der Waals surface area contributed by atoms with Crippen molar-refractivity contribution in [3.8, 4) is 0 Å². The van der Waals surface area contributed by atoms with Gasteiger partial charge in [0.1, 0.15) is 0 Å². The number of carbonyl (C=O) groups excluding carboxylic acids is 1. The first-order valence-electron chi connectivity index (χ1n) is 9.68. The maximum absolute atomic E-state index is 11.3. The van der Waals surface area contributed by atoms with Crippen LogP contribution in [0.1, 0.15) is 43.0 Å². The van der Waals surface area contributed by atoms with E-state index in [1.165, 1.54) is 30.8 Å². The van der Waals surface area contributed by atoms with E-state index in [2.05, 4.69) is 37.6 Å². The molecule has 2 aliphatic rings. The van der Waals surface area contributed by atoms with Crippen molar-refractivity contribution in [1.82, 2.24) is 15.1 Å². The van der Waals surface area contributed by atoms with Crippen LogP contribution in [-0.2, 0) is 4.79 Å². The molecular formula is C19H31N5OS. The van der Waals surface area contributed by atoms with Crippen molar-refractivity contribution in [1.29, 1.82) is 0 Å². The van der Waals surface area contributed by atoms with Gasteiger partial charge in [-0.05, 0) is 56.1 Å². The van der Waals surface area contributed by atoms with E-state index in [1.807, 2.05) is 18.4 Å². The van der Waals surface area contributed by atoms with Gasteiger partial charge in [-0.2, -0.15) is 0 Å². The van der Waals surface area contributed by atoms with Crippen molar-refractivity contribution >= 4 is 23.2 Å². The van der Waals surface area contributed by atoms with Crippen LogP contribution in [0.25, 0.3) is 0 Å². The molecule has 2 saturated heterocycles. The Labute approximate surface area is 160 Å². The van der Waals surface area contributed by atoms with Gasteiger partial charge < -0.3 is 16.0 Å². The maximum Gasteiger partial charge on any atom is 0.217 e.